The molecule has 4 rings (SSSR count). The van der Waals surface area contributed by atoms with E-state index in [-0.39, 0.29) is 37.1 Å². The van der Waals surface area contributed by atoms with Crippen molar-refractivity contribution in [2.24, 2.45) is 5.92 Å². The summed E-state index contributed by atoms with van der Waals surface area (Å²) in [4.78, 5) is 27.6. The predicted molar refractivity (Wildman–Crippen MR) is 129 cm³/mol. The molecule has 182 valence electrons. The largest absolute Gasteiger partial charge is 0.352 e. The Labute approximate surface area is 209 Å². The number of rotatable bonds is 5. The fraction of sp³-hybridized carbons (Fsp3) is 0.440. The zero-order valence-corrected chi connectivity index (χ0v) is 21.0. The lowest BCUT2D eigenvalue weighted by Gasteiger charge is -2.28. The number of fused-ring (bicyclic) bond motifs is 1. The quantitative estimate of drug-likeness (QED) is 0.347. The molecule has 1 aliphatic heterocycles. The van der Waals surface area contributed by atoms with Gasteiger partial charge in [0.2, 0.25) is 11.8 Å². The molecule has 0 saturated heterocycles. The van der Waals surface area contributed by atoms with E-state index in [2.05, 4.69) is 27.9 Å². The molecule has 0 bridgehead atoms. The summed E-state index contributed by atoms with van der Waals surface area (Å²) in [6.45, 7) is 3.82. The van der Waals surface area contributed by atoms with Crippen LogP contribution in [0.5, 0.6) is 0 Å². The van der Waals surface area contributed by atoms with Crippen molar-refractivity contribution in [3.63, 3.8) is 0 Å². The highest BCUT2D eigenvalue weighted by atomic mass is 127. The molecule has 1 aliphatic carbocycles. The van der Waals surface area contributed by atoms with Gasteiger partial charge in [0.1, 0.15) is 11.6 Å². The Morgan fingerprint density at radius 2 is 1.71 bits per heavy atom. The SMILES string of the molecule is CC1(C)C(=O)N(Cc2cc(F)cc(F)c2)c2cc(C(=O)NCC3CCC(F)(F)CC3)cc(I)c21. The van der Waals surface area contributed by atoms with E-state index in [1.165, 1.54) is 17.0 Å². The molecule has 4 nitrogen and oxygen atoms in total. The van der Waals surface area contributed by atoms with E-state index in [0.717, 1.165) is 15.2 Å². The van der Waals surface area contributed by atoms with E-state index < -0.39 is 23.0 Å². The average molecular weight is 588 g/mol. The van der Waals surface area contributed by atoms with Gasteiger partial charge in [-0.05, 0) is 85.0 Å². The number of nitrogens with one attached hydrogen (secondary N) is 1. The number of benzene rings is 2. The van der Waals surface area contributed by atoms with Gasteiger partial charge in [-0.3, -0.25) is 9.59 Å². The van der Waals surface area contributed by atoms with Crippen LogP contribution in [-0.4, -0.2) is 24.3 Å². The molecule has 0 aromatic heterocycles. The highest BCUT2D eigenvalue weighted by Gasteiger charge is 2.45. The second-order valence-corrected chi connectivity index (χ2v) is 10.8. The van der Waals surface area contributed by atoms with Gasteiger partial charge >= 0.3 is 0 Å². The van der Waals surface area contributed by atoms with Crippen molar-refractivity contribution < 1.29 is 27.2 Å². The zero-order valence-electron chi connectivity index (χ0n) is 18.9. The Balaban J connectivity index is 1.57. The molecule has 1 N–H and O–H groups in total. The number of nitrogens with zero attached hydrogens (tertiary/aromatic N) is 1. The second-order valence-electron chi connectivity index (χ2n) is 9.66. The first kappa shape index (κ1) is 24.9. The lowest BCUT2D eigenvalue weighted by Crippen LogP contribution is -2.36. The minimum Gasteiger partial charge on any atom is -0.352 e. The third kappa shape index (κ3) is 4.94. The smallest absolute Gasteiger partial charge is 0.251 e. The number of halogens is 5. The van der Waals surface area contributed by atoms with Crippen molar-refractivity contribution in [3.8, 4) is 0 Å². The Morgan fingerprint density at radius 3 is 2.32 bits per heavy atom. The van der Waals surface area contributed by atoms with Gasteiger partial charge in [0.05, 0.1) is 17.6 Å². The van der Waals surface area contributed by atoms with E-state index in [1.54, 1.807) is 26.0 Å². The molecule has 0 radical (unpaired) electrons. The van der Waals surface area contributed by atoms with E-state index in [9.17, 15) is 27.2 Å². The molecule has 2 aromatic rings. The average Bonchev–Trinajstić information content (AvgIpc) is 2.92. The summed E-state index contributed by atoms with van der Waals surface area (Å²) in [5, 5.41) is 2.84. The van der Waals surface area contributed by atoms with Crippen LogP contribution in [0.3, 0.4) is 0 Å². The number of carbonyl (C=O) groups excluding carboxylic acids is 2. The maximum absolute atomic E-state index is 13.7. The summed E-state index contributed by atoms with van der Waals surface area (Å²) in [5.74, 6) is -4.67. The Bertz CT molecular complexity index is 1120. The number of hydrogen-bond donors (Lipinski definition) is 1. The first-order valence-corrected chi connectivity index (χ1v) is 12.2. The normalized spacial score (nSPS) is 19.3. The summed E-state index contributed by atoms with van der Waals surface area (Å²) >= 11 is 2.09. The molecule has 2 aromatic carbocycles. The number of hydrogen-bond acceptors (Lipinski definition) is 2. The molecule has 9 heteroatoms. The monoisotopic (exact) mass is 588 g/mol. The van der Waals surface area contributed by atoms with Crippen LogP contribution in [0.4, 0.5) is 23.2 Å². The van der Waals surface area contributed by atoms with Crippen molar-refractivity contribution in [3.05, 3.63) is 62.2 Å². The molecular formula is C25H25F4IN2O2. The van der Waals surface area contributed by atoms with Crippen LogP contribution in [0.25, 0.3) is 0 Å². The molecule has 1 heterocycles. The third-order valence-electron chi connectivity index (χ3n) is 6.68. The van der Waals surface area contributed by atoms with Crippen LogP contribution in [0.2, 0.25) is 0 Å². The fourth-order valence-corrected chi connectivity index (χ4v) is 6.08. The minimum atomic E-state index is -2.62. The topological polar surface area (TPSA) is 49.4 Å². The summed E-state index contributed by atoms with van der Waals surface area (Å²) in [6.07, 6.45) is 0.375. The van der Waals surface area contributed by atoms with Gasteiger partial charge < -0.3 is 10.2 Å². The second kappa shape index (κ2) is 9.13. The van der Waals surface area contributed by atoms with Crippen molar-refractivity contribution in [1.29, 1.82) is 0 Å². The molecule has 1 fully saturated rings. The van der Waals surface area contributed by atoms with Gasteiger partial charge in [0.15, 0.2) is 0 Å². The molecule has 34 heavy (non-hydrogen) atoms. The summed E-state index contributed by atoms with van der Waals surface area (Å²) in [6, 6.07) is 6.44. The predicted octanol–water partition coefficient (Wildman–Crippen LogP) is 5.95. The van der Waals surface area contributed by atoms with Crippen LogP contribution in [0, 0.1) is 21.1 Å². The van der Waals surface area contributed by atoms with Crippen LogP contribution in [0.15, 0.2) is 30.3 Å². The van der Waals surface area contributed by atoms with Crippen molar-refractivity contribution in [2.75, 3.05) is 11.4 Å². The lowest BCUT2D eigenvalue weighted by atomic mass is 9.85. The molecular weight excluding hydrogens is 563 g/mol. The van der Waals surface area contributed by atoms with Crippen LogP contribution in [-0.2, 0) is 16.8 Å². The van der Waals surface area contributed by atoms with E-state index in [4.69, 9.17) is 0 Å². The van der Waals surface area contributed by atoms with Crippen LogP contribution < -0.4 is 10.2 Å². The van der Waals surface area contributed by atoms with Crippen LogP contribution >= 0.6 is 22.6 Å². The minimum absolute atomic E-state index is 0.00282. The molecule has 0 atom stereocenters. The summed E-state index contributed by atoms with van der Waals surface area (Å²) < 4.78 is 54.9. The standard InChI is InChI=1S/C25H25F4IN2O2/c1-24(2)21-19(30)9-16(22(33)31-12-14-3-5-25(28,29)6-4-14)10-20(21)32(23(24)34)13-15-7-17(26)11-18(27)8-15/h7-11,14H,3-6,12-13H2,1-2H3,(H,31,33). The maximum Gasteiger partial charge on any atom is 0.251 e. The molecule has 2 amide bonds. The van der Waals surface area contributed by atoms with Crippen LogP contribution in [0.1, 0.15) is 61.0 Å². The zero-order chi connectivity index (χ0) is 24.8. The first-order chi connectivity index (χ1) is 15.9. The maximum atomic E-state index is 13.7. The summed E-state index contributed by atoms with van der Waals surface area (Å²) in [7, 11) is 0. The Morgan fingerprint density at radius 1 is 1.09 bits per heavy atom. The number of carbonyl (C=O) groups is 2. The van der Waals surface area contributed by atoms with Crippen molar-refractivity contribution in [2.45, 2.75) is 57.4 Å². The van der Waals surface area contributed by atoms with E-state index in [0.29, 0.717) is 36.2 Å². The Kier molecular flexibility index (Phi) is 6.69. The molecule has 2 aliphatic rings. The highest BCUT2D eigenvalue weighted by Crippen LogP contribution is 2.45. The fourth-order valence-electron chi connectivity index (χ4n) is 4.79. The third-order valence-corrected chi connectivity index (χ3v) is 7.53. The van der Waals surface area contributed by atoms with E-state index in [1.807, 2.05) is 0 Å². The molecule has 0 unspecified atom stereocenters. The van der Waals surface area contributed by atoms with Gasteiger partial charge in [0, 0.05) is 40.1 Å². The van der Waals surface area contributed by atoms with E-state index >= 15 is 0 Å². The highest BCUT2D eigenvalue weighted by molar-refractivity contribution is 14.1. The lowest BCUT2D eigenvalue weighted by molar-refractivity contribution is -0.122. The molecule has 0 spiro atoms. The van der Waals surface area contributed by atoms with Crippen molar-refractivity contribution in [1.82, 2.24) is 5.32 Å². The Hall–Kier alpha value is -2.17. The number of anilines is 1. The van der Waals surface area contributed by atoms with Gasteiger partial charge in [-0.15, -0.1) is 0 Å². The molecule has 1 saturated carbocycles. The van der Waals surface area contributed by atoms with Gasteiger partial charge in [-0.2, -0.15) is 0 Å². The van der Waals surface area contributed by atoms with Gasteiger partial charge in [-0.1, -0.05) is 0 Å². The first-order valence-electron chi connectivity index (χ1n) is 11.1. The number of alkyl halides is 2. The van der Waals surface area contributed by atoms with Gasteiger partial charge in [0.25, 0.3) is 5.91 Å². The summed E-state index contributed by atoms with van der Waals surface area (Å²) in [5.41, 5.74) is 1.04. The van der Waals surface area contributed by atoms with Gasteiger partial charge in [-0.25, -0.2) is 17.6 Å². The van der Waals surface area contributed by atoms with Crippen molar-refractivity contribution >= 4 is 40.1 Å². The number of amides is 2.